The van der Waals surface area contributed by atoms with E-state index in [0.29, 0.717) is 36.8 Å². The van der Waals surface area contributed by atoms with Gasteiger partial charge in [0.2, 0.25) is 0 Å². The number of likely N-dealkylation sites (tertiary alicyclic amines) is 2. The molecular formula is C79H116N2O10. The molecule has 2 saturated heterocycles. The predicted octanol–water partition coefficient (Wildman–Crippen LogP) is 19.8. The number of benzene rings is 5. The number of aromatic hydroxyl groups is 1. The average Bonchev–Trinajstić information content (AvgIpc) is 2.62. The number of hydrogen-bond acceptors (Lipinski definition) is 10. The van der Waals surface area contributed by atoms with Crippen LogP contribution in [0, 0.1) is 23.7 Å². The summed E-state index contributed by atoms with van der Waals surface area (Å²) in [6.45, 7) is 22.1. The Morgan fingerprint density at radius 1 is 0.473 bits per heavy atom. The van der Waals surface area contributed by atoms with Crippen molar-refractivity contribution in [1.82, 2.24) is 9.80 Å². The molecule has 0 spiro atoms. The lowest BCUT2D eigenvalue weighted by Crippen LogP contribution is -2.53. The fraction of sp³-hybridized carbons (Fsp3) is 0.595. The number of phenols is 1. The number of carbonyl (C=O) groups excluding carboxylic acids is 2. The SMILES string of the molecule is CCC[C@H]1CCCCN1C(=O)OC(C)(C)C.CCC[C@H]1CCC[C@H]([C@@H](O)c2cccc(O)c2)C1.CCC[C@H]1CCC[C@H]([C@@H](O)c2cccc(OCc3ccccc3)c2)C1.CCC[C@H]1CCC[C@H]([C@@H](O)c2cccc(OCc3ccccc3)c2)N1C(=O)OC(C)(C)C. The van der Waals surface area contributed by atoms with Gasteiger partial charge in [0.25, 0.3) is 0 Å². The molecule has 12 heteroatoms. The molecule has 9 rings (SSSR count). The van der Waals surface area contributed by atoms with Crippen molar-refractivity contribution in [2.24, 2.45) is 23.7 Å². The van der Waals surface area contributed by atoms with Gasteiger partial charge < -0.3 is 44.3 Å². The number of amides is 2. The number of nitrogens with zero attached hydrogens (tertiary/aromatic N) is 2. The number of hydrogen-bond donors (Lipinski definition) is 4. The lowest BCUT2D eigenvalue weighted by atomic mass is 9.76. The third-order valence-corrected chi connectivity index (χ3v) is 18.3. The van der Waals surface area contributed by atoms with E-state index in [1.165, 1.54) is 57.8 Å². The van der Waals surface area contributed by atoms with Crippen molar-refractivity contribution in [1.29, 1.82) is 0 Å². The molecular weight excluding hydrogens is 1140 g/mol. The Morgan fingerprint density at radius 3 is 1.40 bits per heavy atom. The topological polar surface area (TPSA) is 158 Å². The molecule has 5 aromatic rings. The highest BCUT2D eigenvalue weighted by Crippen LogP contribution is 2.42. The summed E-state index contributed by atoms with van der Waals surface area (Å²) >= 11 is 0. The number of piperidine rings is 2. The van der Waals surface area contributed by atoms with E-state index in [0.717, 1.165) is 135 Å². The van der Waals surface area contributed by atoms with E-state index < -0.39 is 17.8 Å². The number of ether oxygens (including phenoxy) is 4. The summed E-state index contributed by atoms with van der Waals surface area (Å²) in [6, 6.07) is 43.0. The Bertz CT molecular complexity index is 2830. The Balaban J connectivity index is 0.000000200. The van der Waals surface area contributed by atoms with E-state index in [9.17, 15) is 30.0 Å². The van der Waals surface area contributed by atoms with Crippen LogP contribution in [0.1, 0.15) is 257 Å². The van der Waals surface area contributed by atoms with Crippen LogP contribution in [0.15, 0.2) is 133 Å². The maximum absolute atomic E-state index is 13.1. The second-order valence-electron chi connectivity index (χ2n) is 28.2. The first-order chi connectivity index (χ1) is 43.7. The van der Waals surface area contributed by atoms with Gasteiger partial charge in [-0.3, -0.25) is 4.90 Å². The van der Waals surface area contributed by atoms with E-state index in [2.05, 4.69) is 39.8 Å². The minimum absolute atomic E-state index is 0.0840. The van der Waals surface area contributed by atoms with Gasteiger partial charge in [0.05, 0.1) is 24.4 Å². The van der Waals surface area contributed by atoms with Crippen molar-refractivity contribution in [2.75, 3.05) is 6.54 Å². The largest absolute Gasteiger partial charge is 0.508 e. The van der Waals surface area contributed by atoms with E-state index in [1.54, 1.807) is 23.1 Å². The van der Waals surface area contributed by atoms with Crippen LogP contribution in [-0.4, -0.2) is 78.3 Å². The highest BCUT2D eigenvalue weighted by atomic mass is 16.6. The summed E-state index contributed by atoms with van der Waals surface area (Å²) in [7, 11) is 0. The Hall–Kier alpha value is -6.08. The molecule has 4 N–H and O–H groups in total. The maximum atomic E-state index is 13.1. The molecule has 4 aliphatic rings. The molecule has 2 heterocycles. The van der Waals surface area contributed by atoms with Crippen molar-refractivity contribution in [3.8, 4) is 17.2 Å². The van der Waals surface area contributed by atoms with Crippen LogP contribution in [0.3, 0.4) is 0 Å². The first-order valence-electron chi connectivity index (χ1n) is 35.1. The van der Waals surface area contributed by atoms with Crippen LogP contribution < -0.4 is 9.47 Å². The van der Waals surface area contributed by atoms with Crippen LogP contribution in [0.5, 0.6) is 17.2 Å². The quantitative estimate of drug-likeness (QED) is 0.0591. The Labute approximate surface area is 548 Å². The molecule has 502 valence electrons. The predicted molar refractivity (Wildman–Crippen MR) is 368 cm³/mol. The van der Waals surface area contributed by atoms with Gasteiger partial charge in [0.1, 0.15) is 41.7 Å². The molecule has 0 aromatic heterocycles. The summed E-state index contributed by atoms with van der Waals surface area (Å²) in [5.41, 5.74) is 3.89. The number of rotatable bonds is 20. The van der Waals surface area contributed by atoms with Crippen molar-refractivity contribution in [3.63, 3.8) is 0 Å². The monoisotopic (exact) mass is 1250 g/mol. The fourth-order valence-corrected chi connectivity index (χ4v) is 13.9. The zero-order valence-electron chi connectivity index (χ0n) is 57.3. The molecule has 10 atom stereocenters. The van der Waals surface area contributed by atoms with E-state index >= 15 is 0 Å². The molecule has 2 aliphatic carbocycles. The first-order valence-corrected chi connectivity index (χ1v) is 35.1. The van der Waals surface area contributed by atoms with Gasteiger partial charge >= 0.3 is 12.2 Å². The summed E-state index contributed by atoms with van der Waals surface area (Å²) in [5.74, 6) is 4.09. The summed E-state index contributed by atoms with van der Waals surface area (Å²) < 4.78 is 23.0. The smallest absolute Gasteiger partial charge is 0.410 e. The summed E-state index contributed by atoms with van der Waals surface area (Å²) in [6.07, 6.45) is 22.9. The first kappa shape index (κ1) is 74.0. The Morgan fingerprint density at radius 2 is 0.912 bits per heavy atom. The highest BCUT2D eigenvalue weighted by Gasteiger charge is 2.41. The van der Waals surface area contributed by atoms with Crippen LogP contribution in [-0.2, 0) is 22.7 Å². The minimum atomic E-state index is -0.803. The maximum Gasteiger partial charge on any atom is 0.410 e. The average molecular weight is 1250 g/mol. The molecule has 0 radical (unpaired) electrons. The van der Waals surface area contributed by atoms with Crippen molar-refractivity contribution >= 4 is 12.2 Å². The molecule has 2 amide bonds. The van der Waals surface area contributed by atoms with Crippen LogP contribution in [0.2, 0.25) is 0 Å². The molecule has 0 bridgehead atoms. The lowest BCUT2D eigenvalue weighted by molar-refractivity contribution is -0.0368. The second kappa shape index (κ2) is 38.2. The zero-order valence-corrected chi connectivity index (χ0v) is 57.3. The van der Waals surface area contributed by atoms with Gasteiger partial charge in [-0.1, -0.05) is 189 Å². The molecule has 0 unspecified atom stereocenters. The van der Waals surface area contributed by atoms with E-state index in [4.69, 9.17) is 18.9 Å². The highest BCUT2D eigenvalue weighted by molar-refractivity contribution is 5.69. The standard InChI is InChI=1S/C27H37NO4.C23H30O2.C16H24O2.C13H25NO2/c1-5-11-22-15-10-17-24(28(22)26(30)32-27(2,3)4)25(29)21-14-9-16-23(18-21)31-19-20-12-7-6-8-13-20;1-2-8-18-11-6-12-20(15-18)23(24)21-13-7-14-22(16-21)25-17-19-9-4-3-5-10-19;1-2-5-12-6-3-7-13(10-12)16(18)14-8-4-9-15(17)11-14;1-5-8-11-9-6-7-10-14(11)12(15)16-13(2,3)4/h6-9,12-14,16,18,22,24-25,29H,5,10-11,15,17,19H2,1-4H3;3-5,7,9-10,13-14,16,18,20,23-24H,2,6,8,11-12,15,17H2,1H3;4,8-9,11-13,16-18H,2-3,5-7,10H2,1H3;11H,5-10H2,1-4H3/t22-,24+,25-;18-,20-,23+;12-,13-,16+;11-/m0000/s1. The van der Waals surface area contributed by atoms with Crippen molar-refractivity contribution in [2.45, 2.75) is 271 Å². The normalized spacial score (nSPS) is 22.0. The van der Waals surface area contributed by atoms with E-state index in [1.807, 2.05) is 150 Å². The summed E-state index contributed by atoms with van der Waals surface area (Å²) in [5, 5.41) is 42.2. The van der Waals surface area contributed by atoms with Gasteiger partial charge in [-0.2, -0.15) is 0 Å². The van der Waals surface area contributed by atoms with Crippen LogP contribution in [0.25, 0.3) is 0 Å². The third-order valence-electron chi connectivity index (χ3n) is 18.3. The van der Waals surface area contributed by atoms with Gasteiger partial charge in [-0.25, -0.2) is 9.59 Å². The summed E-state index contributed by atoms with van der Waals surface area (Å²) in [4.78, 5) is 28.9. The third kappa shape index (κ3) is 25.4. The number of carbonyl (C=O) groups is 2. The lowest BCUT2D eigenvalue weighted by Gasteiger charge is -2.44. The van der Waals surface area contributed by atoms with Gasteiger partial charge in [0, 0.05) is 18.6 Å². The zero-order chi connectivity index (χ0) is 65.8. The van der Waals surface area contributed by atoms with Crippen molar-refractivity contribution in [3.05, 3.63) is 161 Å². The number of phenolic OH excluding ortho intramolecular Hbond substituents is 1. The van der Waals surface area contributed by atoms with Crippen LogP contribution in [0.4, 0.5) is 9.59 Å². The number of aliphatic hydroxyl groups excluding tert-OH is 3. The van der Waals surface area contributed by atoms with E-state index in [-0.39, 0.29) is 41.7 Å². The minimum Gasteiger partial charge on any atom is -0.508 e. The molecule has 5 aromatic carbocycles. The van der Waals surface area contributed by atoms with Gasteiger partial charge in [-0.15, -0.1) is 0 Å². The van der Waals surface area contributed by atoms with Gasteiger partial charge in [-0.05, 0) is 206 Å². The Kier molecular flexibility index (Phi) is 31.0. The molecule has 2 saturated carbocycles. The molecule has 2 aliphatic heterocycles. The fourth-order valence-electron chi connectivity index (χ4n) is 13.9. The van der Waals surface area contributed by atoms with Gasteiger partial charge in [0.15, 0.2) is 0 Å². The van der Waals surface area contributed by atoms with Crippen LogP contribution >= 0.6 is 0 Å². The molecule has 91 heavy (non-hydrogen) atoms. The second-order valence-corrected chi connectivity index (χ2v) is 28.2. The number of aliphatic hydroxyl groups is 3. The molecule has 12 nitrogen and oxygen atoms in total. The molecule has 4 fully saturated rings. The van der Waals surface area contributed by atoms with Crippen molar-refractivity contribution < 1.29 is 49.0 Å².